The Morgan fingerprint density at radius 1 is 1.00 bits per heavy atom. The number of carbonyl (C=O) groups excluding carboxylic acids is 1. The number of hydrogen-bond acceptors (Lipinski definition) is 3. The van der Waals surface area contributed by atoms with E-state index in [1.54, 1.807) is 12.1 Å². The Labute approximate surface area is 121 Å². The monoisotopic (exact) mass is 292 g/mol. The van der Waals surface area contributed by atoms with E-state index < -0.39 is 11.9 Å². The van der Waals surface area contributed by atoms with Gasteiger partial charge in [0.15, 0.2) is 0 Å². The van der Waals surface area contributed by atoms with E-state index in [1.165, 1.54) is 12.1 Å². The number of benzene rings is 2. The highest BCUT2D eigenvalue weighted by atomic mass is 19.3. The van der Waals surface area contributed by atoms with Gasteiger partial charge in [-0.1, -0.05) is 18.2 Å². The molecule has 2 rings (SSSR count). The van der Waals surface area contributed by atoms with Crippen LogP contribution >= 0.6 is 0 Å². The van der Waals surface area contributed by atoms with Crippen LogP contribution in [0.1, 0.15) is 12.5 Å². The lowest BCUT2D eigenvalue weighted by Crippen LogP contribution is -2.29. The number of carbonyl (C=O) groups is 1. The molecule has 0 N–H and O–H groups in total. The molecule has 0 saturated carbocycles. The fourth-order valence-corrected chi connectivity index (χ4v) is 1.57. The van der Waals surface area contributed by atoms with Crippen LogP contribution in [-0.2, 0) is 4.79 Å². The zero-order valence-corrected chi connectivity index (χ0v) is 11.6. The number of aryl methyl sites for hydroxylation is 1. The van der Waals surface area contributed by atoms with Crippen LogP contribution in [0, 0.1) is 6.92 Å². The Morgan fingerprint density at radius 2 is 1.57 bits per heavy atom. The van der Waals surface area contributed by atoms with Crippen molar-refractivity contribution in [3.05, 3.63) is 54.1 Å². The summed E-state index contributed by atoms with van der Waals surface area (Å²) in [7, 11) is 0. The highest BCUT2D eigenvalue weighted by Crippen LogP contribution is 2.27. The van der Waals surface area contributed by atoms with E-state index in [0.717, 1.165) is 5.56 Å². The number of hydrogen-bond donors (Lipinski definition) is 0. The highest BCUT2D eigenvalue weighted by molar-refractivity contribution is 5.79. The van der Waals surface area contributed by atoms with Crippen molar-refractivity contribution in [2.24, 2.45) is 0 Å². The molecule has 0 aliphatic carbocycles. The lowest BCUT2D eigenvalue weighted by molar-refractivity contribution is -0.158. The van der Waals surface area contributed by atoms with Crippen LogP contribution < -0.4 is 9.47 Å². The Bertz CT molecular complexity index is 631. The summed E-state index contributed by atoms with van der Waals surface area (Å²) < 4.78 is 35.6. The summed E-state index contributed by atoms with van der Waals surface area (Å²) in [4.78, 5) is 11.1. The standard InChI is InChI=1S/C16H14F2O3/c1-11-5-3-4-6-14(11)20-12-7-9-13(10-8-12)21-15(19)16(2,17)18/h3-10H,1-2H3. The van der Waals surface area contributed by atoms with E-state index >= 15 is 0 Å². The summed E-state index contributed by atoms with van der Waals surface area (Å²) in [5, 5.41) is 0. The maximum Gasteiger partial charge on any atom is 0.382 e. The molecule has 0 spiro atoms. The number of esters is 1. The largest absolute Gasteiger partial charge is 0.457 e. The molecule has 0 aliphatic rings. The second-order valence-electron chi connectivity index (χ2n) is 4.62. The van der Waals surface area contributed by atoms with E-state index in [-0.39, 0.29) is 5.75 Å². The molecule has 2 aromatic rings. The molecule has 0 atom stereocenters. The molecule has 2 aromatic carbocycles. The molecule has 0 aliphatic heterocycles. The number of alkyl halides is 2. The van der Waals surface area contributed by atoms with Crippen LogP contribution in [0.3, 0.4) is 0 Å². The van der Waals surface area contributed by atoms with E-state index in [2.05, 4.69) is 4.74 Å². The second-order valence-corrected chi connectivity index (χ2v) is 4.62. The molecule has 0 amide bonds. The third kappa shape index (κ3) is 4.02. The summed E-state index contributed by atoms with van der Waals surface area (Å²) in [5.74, 6) is -3.85. The van der Waals surface area contributed by atoms with Crippen molar-refractivity contribution in [1.29, 1.82) is 0 Å². The normalized spacial score (nSPS) is 11.0. The summed E-state index contributed by atoms with van der Waals surface area (Å²) >= 11 is 0. The van der Waals surface area contributed by atoms with Crippen molar-refractivity contribution < 1.29 is 23.0 Å². The maximum atomic E-state index is 12.7. The first-order chi connectivity index (χ1) is 9.86. The highest BCUT2D eigenvalue weighted by Gasteiger charge is 2.34. The van der Waals surface area contributed by atoms with Gasteiger partial charge in [-0.15, -0.1) is 0 Å². The third-order valence-corrected chi connectivity index (χ3v) is 2.71. The minimum Gasteiger partial charge on any atom is -0.457 e. The molecule has 110 valence electrons. The lowest BCUT2D eigenvalue weighted by Gasteiger charge is -2.11. The summed E-state index contributed by atoms with van der Waals surface area (Å²) in [5.41, 5.74) is 0.971. The zero-order valence-electron chi connectivity index (χ0n) is 11.6. The summed E-state index contributed by atoms with van der Waals surface area (Å²) in [6, 6.07) is 13.4. The molecule has 0 aromatic heterocycles. The first kappa shape index (κ1) is 15.0. The molecule has 0 unspecified atom stereocenters. The molecule has 5 heteroatoms. The van der Waals surface area contributed by atoms with Crippen molar-refractivity contribution in [3.63, 3.8) is 0 Å². The van der Waals surface area contributed by atoms with Gasteiger partial charge in [-0.25, -0.2) is 4.79 Å². The molecular weight excluding hydrogens is 278 g/mol. The molecule has 0 heterocycles. The minimum absolute atomic E-state index is 0.0404. The first-order valence-electron chi connectivity index (χ1n) is 6.30. The van der Waals surface area contributed by atoms with Gasteiger partial charge in [-0.2, -0.15) is 8.78 Å². The van der Waals surface area contributed by atoms with Crippen LogP contribution in [0.5, 0.6) is 17.2 Å². The van der Waals surface area contributed by atoms with E-state index in [9.17, 15) is 13.6 Å². The van der Waals surface area contributed by atoms with Crippen molar-refractivity contribution in [3.8, 4) is 17.2 Å². The average molecular weight is 292 g/mol. The molecule has 0 bridgehead atoms. The van der Waals surface area contributed by atoms with Gasteiger partial charge in [-0.3, -0.25) is 0 Å². The molecule has 0 radical (unpaired) electrons. The van der Waals surface area contributed by atoms with Crippen LogP contribution in [0.25, 0.3) is 0 Å². The smallest absolute Gasteiger partial charge is 0.382 e. The van der Waals surface area contributed by atoms with Gasteiger partial charge in [0.1, 0.15) is 17.2 Å². The zero-order chi connectivity index (χ0) is 15.5. The van der Waals surface area contributed by atoms with Crippen molar-refractivity contribution in [2.45, 2.75) is 19.8 Å². The topological polar surface area (TPSA) is 35.5 Å². The molecule has 0 fully saturated rings. The molecule has 0 saturated heterocycles. The van der Waals surface area contributed by atoms with Crippen LogP contribution in [0.2, 0.25) is 0 Å². The number of rotatable bonds is 4. The Hall–Kier alpha value is -2.43. The van der Waals surface area contributed by atoms with E-state index in [1.807, 2.05) is 31.2 Å². The predicted octanol–water partition coefficient (Wildman–Crippen LogP) is 4.35. The van der Waals surface area contributed by atoms with Crippen LogP contribution in [0.4, 0.5) is 8.78 Å². The molecule has 3 nitrogen and oxygen atoms in total. The Morgan fingerprint density at radius 3 is 2.14 bits per heavy atom. The van der Waals surface area contributed by atoms with Crippen molar-refractivity contribution >= 4 is 5.97 Å². The van der Waals surface area contributed by atoms with Crippen molar-refractivity contribution in [2.75, 3.05) is 0 Å². The summed E-state index contributed by atoms with van der Waals surface area (Å²) in [6.45, 7) is 2.40. The quantitative estimate of drug-likeness (QED) is 0.621. The molecular formula is C16H14F2O3. The van der Waals surface area contributed by atoms with Crippen molar-refractivity contribution in [1.82, 2.24) is 0 Å². The third-order valence-electron chi connectivity index (χ3n) is 2.71. The predicted molar refractivity (Wildman–Crippen MR) is 74.0 cm³/mol. The van der Waals surface area contributed by atoms with Gasteiger partial charge >= 0.3 is 11.9 Å². The number of halogens is 2. The average Bonchev–Trinajstić information content (AvgIpc) is 2.42. The number of ether oxygens (including phenoxy) is 2. The molecule has 21 heavy (non-hydrogen) atoms. The summed E-state index contributed by atoms with van der Waals surface area (Å²) in [6.07, 6.45) is 0. The van der Waals surface area contributed by atoms with E-state index in [0.29, 0.717) is 18.4 Å². The Balaban J connectivity index is 2.06. The maximum absolute atomic E-state index is 12.7. The van der Waals surface area contributed by atoms with Gasteiger partial charge in [0, 0.05) is 6.92 Å². The van der Waals surface area contributed by atoms with Gasteiger partial charge in [0.2, 0.25) is 0 Å². The number of para-hydroxylation sites is 1. The van der Waals surface area contributed by atoms with Gasteiger partial charge < -0.3 is 9.47 Å². The first-order valence-corrected chi connectivity index (χ1v) is 6.30. The Kier molecular flexibility index (Phi) is 4.21. The van der Waals surface area contributed by atoms with Gasteiger partial charge in [0.25, 0.3) is 0 Å². The van der Waals surface area contributed by atoms with Crippen LogP contribution in [0.15, 0.2) is 48.5 Å². The fourth-order valence-electron chi connectivity index (χ4n) is 1.57. The minimum atomic E-state index is -3.52. The van der Waals surface area contributed by atoms with Gasteiger partial charge in [-0.05, 0) is 42.8 Å². The second kappa shape index (κ2) is 5.91. The fraction of sp³-hybridized carbons (Fsp3) is 0.188. The van der Waals surface area contributed by atoms with Gasteiger partial charge in [0.05, 0.1) is 0 Å². The lowest BCUT2D eigenvalue weighted by atomic mass is 10.2. The SMILES string of the molecule is Cc1ccccc1Oc1ccc(OC(=O)C(C)(F)F)cc1. The van der Waals surface area contributed by atoms with E-state index in [4.69, 9.17) is 4.74 Å². The van der Waals surface area contributed by atoms with Crippen LogP contribution in [-0.4, -0.2) is 11.9 Å².